The summed E-state index contributed by atoms with van der Waals surface area (Å²) in [6.45, 7) is 6.42. The molecule has 1 spiro atoms. The van der Waals surface area contributed by atoms with Crippen molar-refractivity contribution in [1.29, 1.82) is 0 Å². The fourth-order valence-corrected chi connectivity index (χ4v) is 6.59. The van der Waals surface area contributed by atoms with Crippen molar-refractivity contribution in [2.24, 2.45) is 5.41 Å². The van der Waals surface area contributed by atoms with E-state index in [0.29, 0.717) is 11.1 Å². The van der Waals surface area contributed by atoms with Gasteiger partial charge in [0.1, 0.15) is 0 Å². The molecule has 3 aliphatic rings. The molecule has 172 valence electrons. The van der Waals surface area contributed by atoms with Crippen LogP contribution >= 0.6 is 11.8 Å². The normalized spacial score (nSPS) is 21.1. The number of benzene rings is 2. The molecule has 0 aliphatic carbocycles. The molecule has 0 saturated carbocycles. The third-order valence-corrected chi connectivity index (χ3v) is 8.49. The number of nitrogens with zero attached hydrogens (tertiary/aromatic N) is 3. The van der Waals surface area contributed by atoms with Gasteiger partial charge < -0.3 is 14.7 Å². The Kier molecular flexibility index (Phi) is 5.93. The fraction of sp³-hybridized carbons (Fsp3) is 0.520. The Morgan fingerprint density at radius 2 is 1.62 bits per heavy atom. The third-order valence-electron chi connectivity index (χ3n) is 7.35. The van der Waals surface area contributed by atoms with E-state index in [1.54, 1.807) is 17.8 Å². The molecule has 2 aromatic rings. The minimum Gasteiger partial charge on any atom is -0.340 e. The molecule has 0 unspecified atom stereocenters. The molecule has 32 heavy (non-hydrogen) atoms. The topological polar surface area (TPSA) is 9.72 Å². The number of hydrogen-bond donors (Lipinski definition) is 0. The van der Waals surface area contributed by atoms with Gasteiger partial charge >= 0.3 is 6.18 Å². The van der Waals surface area contributed by atoms with Crippen molar-refractivity contribution >= 4 is 23.1 Å². The summed E-state index contributed by atoms with van der Waals surface area (Å²) in [6, 6.07) is 12.2. The molecule has 2 aromatic carbocycles. The van der Waals surface area contributed by atoms with Crippen LogP contribution in [0.4, 0.5) is 24.5 Å². The summed E-state index contributed by atoms with van der Waals surface area (Å²) >= 11 is 1.55. The van der Waals surface area contributed by atoms with Gasteiger partial charge in [0.05, 0.1) is 16.9 Å². The maximum Gasteiger partial charge on any atom is 0.416 e. The number of likely N-dealkylation sites (tertiary alicyclic amines) is 2. The highest BCUT2D eigenvalue weighted by Crippen LogP contribution is 2.49. The first-order valence-corrected chi connectivity index (χ1v) is 12.3. The van der Waals surface area contributed by atoms with Gasteiger partial charge in [0.2, 0.25) is 0 Å². The van der Waals surface area contributed by atoms with E-state index in [0.717, 1.165) is 48.1 Å². The predicted molar refractivity (Wildman–Crippen MR) is 124 cm³/mol. The van der Waals surface area contributed by atoms with Crippen LogP contribution in [0.5, 0.6) is 0 Å². The first-order chi connectivity index (χ1) is 15.3. The quantitative estimate of drug-likeness (QED) is 0.543. The van der Waals surface area contributed by atoms with E-state index in [4.69, 9.17) is 0 Å². The molecule has 0 atom stereocenters. The molecule has 2 saturated heterocycles. The lowest BCUT2D eigenvalue weighted by Gasteiger charge is -2.40. The Morgan fingerprint density at radius 1 is 0.906 bits per heavy atom. The summed E-state index contributed by atoms with van der Waals surface area (Å²) in [6.07, 6.45) is 0.441. The molecule has 7 heteroatoms. The highest BCUT2D eigenvalue weighted by molar-refractivity contribution is 7.99. The number of halogens is 3. The standard InChI is InChI=1S/C25H30F3N3S/c1-29-14-9-24(18-29)10-15-30(16-11-24)12-4-13-31-20-5-2-3-6-22(20)32-23-8-7-19(17-21(23)31)25(26,27)28/h2-3,5-8,17H,4,9-16,18H2,1H3. The van der Waals surface area contributed by atoms with E-state index in [1.807, 2.05) is 18.2 Å². The summed E-state index contributed by atoms with van der Waals surface area (Å²) in [5.74, 6) is 0. The molecule has 3 heterocycles. The summed E-state index contributed by atoms with van der Waals surface area (Å²) in [5, 5.41) is 0. The monoisotopic (exact) mass is 461 g/mol. The van der Waals surface area contributed by atoms with Gasteiger partial charge in [0.15, 0.2) is 0 Å². The number of para-hydroxylation sites is 1. The van der Waals surface area contributed by atoms with Gasteiger partial charge in [0.25, 0.3) is 0 Å². The molecule has 0 N–H and O–H groups in total. The predicted octanol–water partition coefficient (Wildman–Crippen LogP) is 6.12. The molecule has 0 amide bonds. The number of piperidine rings is 1. The molecule has 0 radical (unpaired) electrons. The minimum absolute atomic E-state index is 0.515. The molecule has 3 aliphatic heterocycles. The van der Waals surface area contributed by atoms with E-state index < -0.39 is 11.7 Å². The molecule has 5 rings (SSSR count). The minimum atomic E-state index is -4.33. The Morgan fingerprint density at radius 3 is 2.34 bits per heavy atom. The van der Waals surface area contributed by atoms with Crippen molar-refractivity contribution in [3.63, 3.8) is 0 Å². The molecular weight excluding hydrogens is 431 g/mol. The van der Waals surface area contributed by atoms with E-state index in [2.05, 4.69) is 27.8 Å². The molecule has 0 bridgehead atoms. The van der Waals surface area contributed by atoms with Crippen LogP contribution in [0.25, 0.3) is 0 Å². The summed E-state index contributed by atoms with van der Waals surface area (Å²) in [7, 11) is 2.22. The van der Waals surface area contributed by atoms with Gasteiger partial charge in [-0.25, -0.2) is 0 Å². The van der Waals surface area contributed by atoms with Crippen molar-refractivity contribution in [1.82, 2.24) is 9.80 Å². The number of fused-ring (bicyclic) bond motifs is 2. The second-order valence-corrected chi connectivity index (χ2v) is 10.7. The van der Waals surface area contributed by atoms with Crippen LogP contribution in [-0.2, 0) is 6.18 Å². The van der Waals surface area contributed by atoms with Crippen LogP contribution in [0, 0.1) is 5.41 Å². The fourth-order valence-electron chi connectivity index (χ4n) is 5.52. The second kappa shape index (κ2) is 8.58. The number of anilines is 2. The Bertz CT molecular complexity index is 969. The first-order valence-electron chi connectivity index (χ1n) is 11.5. The second-order valence-electron chi connectivity index (χ2n) is 9.58. The first kappa shape index (κ1) is 22.1. The third kappa shape index (κ3) is 4.39. The maximum atomic E-state index is 13.4. The summed E-state index contributed by atoms with van der Waals surface area (Å²) in [4.78, 5) is 9.08. The lowest BCUT2D eigenvalue weighted by Crippen LogP contribution is -2.42. The largest absolute Gasteiger partial charge is 0.416 e. The van der Waals surface area contributed by atoms with Crippen LogP contribution < -0.4 is 4.90 Å². The van der Waals surface area contributed by atoms with Crippen LogP contribution in [0.15, 0.2) is 52.3 Å². The molecular formula is C25H30F3N3S. The Hall–Kier alpha value is -1.70. The van der Waals surface area contributed by atoms with Crippen molar-refractivity contribution in [2.45, 2.75) is 41.7 Å². The van der Waals surface area contributed by atoms with Crippen molar-refractivity contribution in [3.8, 4) is 0 Å². The van der Waals surface area contributed by atoms with E-state index >= 15 is 0 Å². The zero-order chi connectivity index (χ0) is 22.3. The van der Waals surface area contributed by atoms with Gasteiger partial charge in [-0.2, -0.15) is 13.2 Å². The highest BCUT2D eigenvalue weighted by Gasteiger charge is 2.39. The Balaban J connectivity index is 1.27. The zero-order valence-corrected chi connectivity index (χ0v) is 19.3. The van der Waals surface area contributed by atoms with Crippen molar-refractivity contribution in [2.75, 3.05) is 51.2 Å². The number of rotatable bonds is 4. The van der Waals surface area contributed by atoms with E-state index in [-0.39, 0.29) is 0 Å². The van der Waals surface area contributed by atoms with Gasteiger partial charge in [-0.3, -0.25) is 0 Å². The molecule has 3 nitrogen and oxygen atoms in total. The lowest BCUT2D eigenvalue weighted by molar-refractivity contribution is -0.137. The summed E-state index contributed by atoms with van der Waals surface area (Å²) in [5.41, 5.74) is 1.62. The van der Waals surface area contributed by atoms with Gasteiger partial charge in [-0.05, 0) is 94.7 Å². The average molecular weight is 462 g/mol. The van der Waals surface area contributed by atoms with E-state index in [9.17, 15) is 13.2 Å². The van der Waals surface area contributed by atoms with Crippen LogP contribution in [0.1, 0.15) is 31.2 Å². The average Bonchev–Trinajstić information content (AvgIpc) is 3.13. The lowest BCUT2D eigenvalue weighted by atomic mass is 9.78. The van der Waals surface area contributed by atoms with Crippen molar-refractivity contribution < 1.29 is 13.2 Å². The number of alkyl halides is 3. The van der Waals surface area contributed by atoms with Gasteiger partial charge in [-0.1, -0.05) is 23.9 Å². The maximum absolute atomic E-state index is 13.4. The van der Waals surface area contributed by atoms with Crippen molar-refractivity contribution in [3.05, 3.63) is 48.0 Å². The summed E-state index contributed by atoms with van der Waals surface area (Å²) < 4.78 is 40.2. The van der Waals surface area contributed by atoms with Gasteiger partial charge in [0, 0.05) is 22.9 Å². The number of hydrogen-bond acceptors (Lipinski definition) is 4. The molecule has 0 aromatic heterocycles. The van der Waals surface area contributed by atoms with Crippen LogP contribution in [-0.4, -0.2) is 56.1 Å². The van der Waals surface area contributed by atoms with Gasteiger partial charge in [-0.15, -0.1) is 0 Å². The zero-order valence-electron chi connectivity index (χ0n) is 18.5. The molecule has 2 fully saturated rings. The van der Waals surface area contributed by atoms with Crippen LogP contribution in [0.3, 0.4) is 0 Å². The highest BCUT2D eigenvalue weighted by atomic mass is 32.2. The van der Waals surface area contributed by atoms with Crippen LogP contribution in [0.2, 0.25) is 0 Å². The van der Waals surface area contributed by atoms with E-state index in [1.165, 1.54) is 44.5 Å². The smallest absolute Gasteiger partial charge is 0.340 e. The SMILES string of the molecule is CN1CCC2(CCN(CCCN3c4ccccc4Sc4ccc(C(F)(F)F)cc43)CC2)C1. The Labute approximate surface area is 192 Å².